The molecule has 90 heavy (non-hydrogen) atoms. The molecule has 6 atom stereocenters. The van der Waals surface area contributed by atoms with Crippen LogP contribution in [-0.4, -0.2) is 96.7 Å². The second kappa shape index (κ2) is 61.9. The van der Waals surface area contributed by atoms with E-state index in [9.17, 15) is 43.2 Å². The number of ether oxygens (including phenoxy) is 4. The predicted molar refractivity (Wildman–Crippen MR) is 363 cm³/mol. The highest BCUT2D eigenvalue weighted by molar-refractivity contribution is 7.47. The zero-order chi connectivity index (χ0) is 66.6. The number of carbonyl (C=O) groups is 4. The molecule has 0 aromatic heterocycles. The normalized spacial score (nSPS) is 14.5. The van der Waals surface area contributed by atoms with Crippen LogP contribution in [0.25, 0.3) is 0 Å². The van der Waals surface area contributed by atoms with Gasteiger partial charge < -0.3 is 33.8 Å². The van der Waals surface area contributed by atoms with Crippen molar-refractivity contribution in [1.29, 1.82) is 0 Å². The third-order valence-corrected chi connectivity index (χ3v) is 18.6. The van der Waals surface area contributed by atoms with Gasteiger partial charge >= 0.3 is 39.5 Å². The van der Waals surface area contributed by atoms with E-state index in [4.69, 9.17) is 37.0 Å². The molecule has 0 spiro atoms. The van der Waals surface area contributed by atoms with Crippen LogP contribution in [0, 0.1) is 17.8 Å². The van der Waals surface area contributed by atoms with Gasteiger partial charge in [-0.3, -0.25) is 37.3 Å². The van der Waals surface area contributed by atoms with E-state index in [1.165, 1.54) is 161 Å². The molecular formula is C71H138O17P2. The van der Waals surface area contributed by atoms with E-state index in [-0.39, 0.29) is 25.7 Å². The highest BCUT2D eigenvalue weighted by atomic mass is 31.2. The first-order chi connectivity index (χ1) is 43.3. The Morgan fingerprint density at radius 3 is 0.844 bits per heavy atom. The fourth-order valence-corrected chi connectivity index (χ4v) is 12.3. The molecule has 0 saturated heterocycles. The molecule has 0 aliphatic rings. The maximum atomic E-state index is 13.0. The summed E-state index contributed by atoms with van der Waals surface area (Å²) < 4.78 is 68.3. The van der Waals surface area contributed by atoms with E-state index in [0.29, 0.717) is 31.6 Å². The summed E-state index contributed by atoms with van der Waals surface area (Å²) in [5, 5.41) is 10.6. The smallest absolute Gasteiger partial charge is 0.462 e. The van der Waals surface area contributed by atoms with Crippen LogP contribution in [-0.2, 0) is 65.4 Å². The first kappa shape index (κ1) is 88.1. The molecule has 0 aromatic rings. The number of carbonyl (C=O) groups excluding carboxylic acids is 4. The van der Waals surface area contributed by atoms with Crippen molar-refractivity contribution in [2.24, 2.45) is 17.8 Å². The molecule has 0 saturated carbocycles. The zero-order valence-electron chi connectivity index (χ0n) is 58.6. The molecule has 0 aromatic carbocycles. The molecule has 0 aliphatic heterocycles. The van der Waals surface area contributed by atoms with Gasteiger partial charge in [0.2, 0.25) is 0 Å². The Morgan fingerprint density at radius 1 is 0.322 bits per heavy atom. The summed E-state index contributed by atoms with van der Waals surface area (Å²) >= 11 is 0. The SMILES string of the molecule is CCCCCCCCCCCCCCC(=O)O[C@H](COC(=O)CCCCCCCCC(C)C)COP(=O)(O)OC[C@H](O)COP(=O)(O)OC[C@@H](COC(=O)CCCCCCCCCCC(C)CC)OC(=O)CCCCCCCCCCCCCCCCC(C)C. The van der Waals surface area contributed by atoms with Gasteiger partial charge in [-0.2, -0.15) is 0 Å². The van der Waals surface area contributed by atoms with Gasteiger partial charge in [-0.1, -0.05) is 305 Å². The van der Waals surface area contributed by atoms with Crippen LogP contribution in [0.3, 0.4) is 0 Å². The Morgan fingerprint density at radius 2 is 0.567 bits per heavy atom. The Kier molecular flexibility index (Phi) is 60.6. The lowest BCUT2D eigenvalue weighted by Crippen LogP contribution is -2.30. The number of unbranched alkanes of at least 4 members (excludes halogenated alkanes) is 36. The second-order valence-corrected chi connectivity index (χ2v) is 29.7. The van der Waals surface area contributed by atoms with E-state index in [1.54, 1.807) is 0 Å². The van der Waals surface area contributed by atoms with Crippen molar-refractivity contribution in [2.45, 2.75) is 375 Å². The van der Waals surface area contributed by atoms with Crippen LogP contribution in [0.4, 0.5) is 0 Å². The molecule has 17 nitrogen and oxygen atoms in total. The number of aliphatic hydroxyl groups is 1. The fourth-order valence-electron chi connectivity index (χ4n) is 10.7. The third-order valence-electron chi connectivity index (χ3n) is 16.7. The average Bonchev–Trinajstić information content (AvgIpc) is 3.23. The zero-order valence-corrected chi connectivity index (χ0v) is 60.4. The maximum absolute atomic E-state index is 13.0. The number of phosphoric ester groups is 2. The predicted octanol–water partition coefficient (Wildman–Crippen LogP) is 20.2. The molecule has 0 radical (unpaired) electrons. The maximum Gasteiger partial charge on any atom is 0.472 e. The molecule has 0 aliphatic carbocycles. The molecular weight excluding hydrogens is 1190 g/mol. The summed E-state index contributed by atoms with van der Waals surface area (Å²) in [6, 6.07) is 0. The topological polar surface area (TPSA) is 237 Å². The van der Waals surface area contributed by atoms with Crippen LogP contribution in [0.5, 0.6) is 0 Å². The van der Waals surface area contributed by atoms with Crippen LogP contribution in [0.15, 0.2) is 0 Å². The van der Waals surface area contributed by atoms with Crippen LogP contribution in [0.1, 0.15) is 357 Å². The molecule has 3 unspecified atom stereocenters. The largest absolute Gasteiger partial charge is 0.472 e. The van der Waals surface area contributed by atoms with Crippen LogP contribution < -0.4 is 0 Å². The molecule has 0 rings (SSSR count). The summed E-state index contributed by atoms with van der Waals surface area (Å²) in [5.74, 6) is 0.126. The summed E-state index contributed by atoms with van der Waals surface area (Å²) in [6.45, 7) is 11.8. The number of hydrogen-bond acceptors (Lipinski definition) is 15. The molecule has 0 bridgehead atoms. The van der Waals surface area contributed by atoms with E-state index in [0.717, 1.165) is 108 Å². The van der Waals surface area contributed by atoms with Gasteiger partial charge in [0, 0.05) is 25.7 Å². The number of esters is 4. The molecule has 0 fully saturated rings. The molecule has 3 N–H and O–H groups in total. The van der Waals surface area contributed by atoms with Crippen LogP contribution >= 0.6 is 15.6 Å². The minimum absolute atomic E-state index is 0.106. The van der Waals surface area contributed by atoms with Gasteiger partial charge in [0.1, 0.15) is 19.3 Å². The van der Waals surface area contributed by atoms with Crippen molar-refractivity contribution in [2.75, 3.05) is 39.6 Å². The van der Waals surface area contributed by atoms with E-state index >= 15 is 0 Å². The van der Waals surface area contributed by atoms with Crippen molar-refractivity contribution in [3.05, 3.63) is 0 Å². The summed E-state index contributed by atoms with van der Waals surface area (Å²) in [6.07, 6.45) is 45.8. The Labute approximate surface area is 549 Å². The van der Waals surface area contributed by atoms with Crippen molar-refractivity contribution >= 4 is 39.5 Å². The third kappa shape index (κ3) is 63.5. The standard InChI is InChI=1S/C71H138O17P2/c1-8-10-11-12-13-14-15-21-24-31-40-47-54-70(75)88-67(59-82-69(74)53-46-39-34-33-36-43-50-63(5)6)61-86-90(79,80)84-57-65(72)56-83-89(77,78)85-60-66(58-81-68(73)52-45-38-30-27-26-29-37-44-51-64(7)9-2)87-71(76)55-48-41-32-25-22-19-17-16-18-20-23-28-35-42-49-62(3)4/h62-67,72H,8-61H2,1-7H3,(H,77,78)(H,79,80)/t64?,65-,66-,67-/m1/s1. The van der Waals surface area contributed by atoms with E-state index < -0.39 is 97.5 Å². The Bertz CT molecular complexity index is 1770. The molecule has 534 valence electrons. The second-order valence-electron chi connectivity index (χ2n) is 26.8. The van der Waals surface area contributed by atoms with Crippen molar-refractivity contribution in [3.8, 4) is 0 Å². The van der Waals surface area contributed by atoms with Crippen molar-refractivity contribution in [3.63, 3.8) is 0 Å². The van der Waals surface area contributed by atoms with Gasteiger partial charge in [0.15, 0.2) is 12.2 Å². The highest BCUT2D eigenvalue weighted by Crippen LogP contribution is 2.45. The van der Waals surface area contributed by atoms with Gasteiger partial charge in [-0.25, -0.2) is 9.13 Å². The van der Waals surface area contributed by atoms with Crippen molar-refractivity contribution < 1.29 is 80.2 Å². The van der Waals surface area contributed by atoms with Gasteiger partial charge in [-0.15, -0.1) is 0 Å². The number of phosphoric acid groups is 2. The lowest BCUT2D eigenvalue weighted by atomic mass is 9.99. The monoisotopic (exact) mass is 1320 g/mol. The Balaban J connectivity index is 5.24. The minimum atomic E-state index is -4.95. The number of aliphatic hydroxyl groups excluding tert-OH is 1. The first-order valence-corrected chi connectivity index (χ1v) is 39.9. The van der Waals surface area contributed by atoms with E-state index in [2.05, 4.69) is 48.5 Å². The van der Waals surface area contributed by atoms with Crippen LogP contribution in [0.2, 0.25) is 0 Å². The number of hydrogen-bond donors (Lipinski definition) is 3. The number of rotatable bonds is 69. The van der Waals surface area contributed by atoms with Gasteiger partial charge in [0.25, 0.3) is 0 Å². The van der Waals surface area contributed by atoms with Crippen molar-refractivity contribution in [1.82, 2.24) is 0 Å². The van der Waals surface area contributed by atoms with E-state index in [1.807, 2.05) is 0 Å². The van der Waals surface area contributed by atoms with Gasteiger partial charge in [0.05, 0.1) is 26.4 Å². The highest BCUT2D eigenvalue weighted by Gasteiger charge is 2.30. The summed E-state index contributed by atoms with van der Waals surface area (Å²) in [5.41, 5.74) is 0. The minimum Gasteiger partial charge on any atom is -0.462 e. The first-order valence-electron chi connectivity index (χ1n) is 36.9. The lowest BCUT2D eigenvalue weighted by Gasteiger charge is -2.21. The quantitative estimate of drug-likeness (QED) is 0.0222. The van der Waals surface area contributed by atoms with Gasteiger partial charge in [-0.05, 0) is 43.4 Å². The summed E-state index contributed by atoms with van der Waals surface area (Å²) in [4.78, 5) is 72.5. The Hall–Kier alpha value is -1.94. The average molecular weight is 1330 g/mol. The molecule has 0 heterocycles. The summed E-state index contributed by atoms with van der Waals surface area (Å²) in [7, 11) is -9.90. The lowest BCUT2D eigenvalue weighted by molar-refractivity contribution is -0.161. The molecule has 19 heteroatoms. The molecule has 0 amide bonds. The fraction of sp³-hybridized carbons (Fsp3) is 0.944.